The summed E-state index contributed by atoms with van der Waals surface area (Å²) < 4.78 is 56.4. The first-order valence-corrected chi connectivity index (χ1v) is 17.2. The van der Waals surface area contributed by atoms with Crippen molar-refractivity contribution in [3.63, 3.8) is 0 Å². The van der Waals surface area contributed by atoms with Gasteiger partial charge in [0.05, 0.1) is 21.3 Å². The highest BCUT2D eigenvalue weighted by molar-refractivity contribution is 7.91. The Hall–Kier alpha value is -1.90. The van der Waals surface area contributed by atoms with E-state index in [0.717, 1.165) is 48.2 Å². The van der Waals surface area contributed by atoms with E-state index in [-0.39, 0.29) is 82.1 Å². The van der Waals surface area contributed by atoms with Gasteiger partial charge in [0.25, 0.3) is 0 Å². The van der Waals surface area contributed by atoms with Gasteiger partial charge in [-0.1, -0.05) is 38.1 Å². The molecule has 0 fully saturated rings. The van der Waals surface area contributed by atoms with Crippen LogP contribution in [0, 0.1) is 0 Å². The smallest absolute Gasteiger partial charge is 0.178 e. The standard InChI is InChI=1S/C32H38N2O4S2.2HI/c1-3-17-33-19-13-27(14-20-33)29-9-7-11-31(25-29)39(35,36)23-5-6-24-40(37,38)32-12-8-10-30(26-32)28-15-21-34(18-4-2)22-16-28;;/h7-16,19-22,25-26H,3-6,17-18,23-24H2,1-2H3;2*1H/q+2;;/p-2. The minimum Gasteiger partial charge on any atom is -1.00 e. The highest BCUT2D eigenvalue weighted by atomic mass is 127. The van der Waals surface area contributed by atoms with Crippen LogP contribution < -0.4 is 57.1 Å². The second-order valence-corrected chi connectivity index (χ2v) is 14.3. The number of benzene rings is 2. The van der Waals surface area contributed by atoms with Gasteiger partial charge in [-0.25, -0.2) is 26.0 Å². The van der Waals surface area contributed by atoms with Crippen LogP contribution in [0.2, 0.25) is 0 Å². The molecule has 2 heterocycles. The molecule has 0 amide bonds. The number of nitrogens with zero attached hydrogens (tertiary/aromatic N) is 2. The number of aryl methyl sites for hydroxylation is 2. The molecule has 0 bridgehead atoms. The van der Waals surface area contributed by atoms with E-state index in [1.807, 2.05) is 61.2 Å². The molecule has 0 spiro atoms. The number of sulfone groups is 2. The molecule has 0 unspecified atom stereocenters. The highest BCUT2D eigenvalue weighted by Gasteiger charge is 2.19. The first-order valence-electron chi connectivity index (χ1n) is 13.9. The van der Waals surface area contributed by atoms with Crippen molar-refractivity contribution in [2.75, 3.05) is 11.5 Å². The van der Waals surface area contributed by atoms with Gasteiger partial charge in [0, 0.05) is 37.1 Å². The van der Waals surface area contributed by atoms with Crippen LogP contribution in [0.3, 0.4) is 0 Å². The first kappa shape index (κ1) is 36.3. The fourth-order valence-corrected chi connectivity index (χ4v) is 7.50. The van der Waals surface area contributed by atoms with Crippen molar-refractivity contribution in [2.45, 2.75) is 62.4 Å². The molecule has 226 valence electrons. The minimum atomic E-state index is -3.54. The van der Waals surface area contributed by atoms with E-state index in [1.54, 1.807) is 36.4 Å². The van der Waals surface area contributed by atoms with Crippen molar-refractivity contribution in [1.82, 2.24) is 0 Å². The van der Waals surface area contributed by atoms with Crippen LogP contribution in [-0.2, 0) is 32.8 Å². The summed E-state index contributed by atoms with van der Waals surface area (Å²) in [7, 11) is -7.09. The molecule has 10 heteroatoms. The molecular weight excluding hydrogens is 794 g/mol. The minimum absolute atomic E-state index is 0. The third-order valence-electron chi connectivity index (χ3n) is 6.87. The molecule has 4 rings (SSSR count). The van der Waals surface area contributed by atoms with Gasteiger partial charge in [0.15, 0.2) is 44.5 Å². The number of hydrogen-bond donors (Lipinski definition) is 0. The maximum absolute atomic E-state index is 13.1. The lowest BCUT2D eigenvalue weighted by molar-refractivity contribution is -0.697. The molecule has 0 saturated heterocycles. The summed E-state index contributed by atoms with van der Waals surface area (Å²) in [5.41, 5.74) is 3.58. The molecular formula is C32H38I2N2O4S2. The summed E-state index contributed by atoms with van der Waals surface area (Å²) >= 11 is 0. The van der Waals surface area contributed by atoms with Gasteiger partial charge < -0.3 is 48.0 Å². The molecule has 6 nitrogen and oxygen atoms in total. The monoisotopic (exact) mass is 832 g/mol. The fourth-order valence-electron chi connectivity index (χ4n) is 4.67. The molecule has 2 aromatic heterocycles. The molecule has 42 heavy (non-hydrogen) atoms. The predicted octanol–water partition coefficient (Wildman–Crippen LogP) is -0.549. The van der Waals surface area contributed by atoms with E-state index in [4.69, 9.17) is 0 Å². The lowest BCUT2D eigenvalue weighted by Crippen LogP contribution is -3.00. The van der Waals surface area contributed by atoms with E-state index in [0.29, 0.717) is 0 Å². The molecule has 2 aromatic carbocycles. The number of rotatable bonds is 13. The Kier molecular flexibility index (Phi) is 14.5. The molecule has 0 aliphatic rings. The molecule has 0 aliphatic heterocycles. The SMILES string of the molecule is CCC[n+]1ccc(-c2cccc(S(=O)(=O)CCCCS(=O)(=O)c3cccc(-c4cc[n+](CCC)cc4)c3)c2)cc1.[I-].[I-]. The molecule has 0 aliphatic carbocycles. The van der Waals surface area contributed by atoms with Crippen LogP contribution in [0.4, 0.5) is 0 Å². The van der Waals surface area contributed by atoms with Crippen LogP contribution in [0.25, 0.3) is 22.3 Å². The van der Waals surface area contributed by atoms with Crippen molar-refractivity contribution in [2.24, 2.45) is 0 Å². The Morgan fingerprint density at radius 3 is 1.21 bits per heavy atom. The maximum atomic E-state index is 13.1. The second kappa shape index (κ2) is 16.8. The van der Waals surface area contributed by atoms with Gasteiger partial charge in [-0.2, -0.15) is 0 Å². The van der Waals surface area contributed by atoms with Gasteiger partial charge in [0.1, 0.15) is 13.1 Å². The summed E-state index contributed by atoms with van der Waals surface area (Å²) in [5.74, 6) is -0.196. The highest BCUT2D eigenvalue weighted by Crippen LogP contribution is 2.25. The third kappa shape index (κ3) is 9.81. The number of aromatic nitrogens is 2. The third-order valence-corrected chi connectivity index (χ3v) is 10.5. The van der Waals surface area contributed by atoms with E-state index < -0.39 is 19.7 Å². The van der Waals surface area contributed by atoms with Crippen molar-refractivity contribution >= 4 is 19.7 Å². The molecule has 0 atom stereocenters. The number of halogens is 2. The van der Waals surface area contributed by atoms with E-state index >= 15 is 0 Å². The second-order valence-electron chi connectivity index (χ2n) is 10.0. The zero-order valence-electron chi connectivity index (χ0n) is 24.0. The van der Waals surface area contributed by atoms with E-state index in [1.165, 1.54) is 0 Å². The van der Waals surface area contributed by atoms with Crippen molar-refractivity contribution in [3.05, 3.63) is 97.6 Å². The van der Waals surface area contributed by atoms with Gasteiger partial charge in [-0.15, -0.1) is 0 Å². The summed E-state index contributed by atoms with van der Waals surface area (Å²) in [6.07, 6.45) is 10.6. The van der Waals surface area contributed by atoms with Crippen LogP contribution >= 0.6 is 0 Å². The normalized spacial score (nSPS) is 11.4. The Labute approximate surface area is 285 Å². The molecule has 0 N–H and O–H groups in total. The molecule has 0 radical (unpaired) electrons. The lowest BCUT2D eigenvalue weighted by Gasteiger charge is -2.09. The number of unbranched alkanes of at least 4 members (excludes halogenated alkanes) is 1. The summed E-state index contributed by atoms with van der Waals surface area (Å²) in [6.45, 7) is 6.11. The number of pyridine rings is 2. The molecule has 0 saturated carbocycles. The topological polar surface area (TPSA) is 76.0 Å². The van der Waals surface area contributed by atoms with Gasteiger partial charge in [-0.05, 0) is 59.4 Å². The zero-order valence-corrected chi connectivity index (χ0v) is 29.9. The van der Waals surface area contributed by atoms with Crippen molar-refractivity contribution in [3.8, 4) is 22.3 Å². The first-order chi connectivity index (χ1) is 19.2. The number of hydrogen-bond acceptors (Lipinski definition) is 4. The summed E-state index contributed by atoms with van der Waals surface area (Å²) in [4.78, 5) is 0.517. The van der Waals surface area contributed by atoms with E-state index in [9.17, 15) is 16.8 Å². The Morgan fingerprint density at radius 1 is 0.524 bits per heavy atom. The summed E-state index contributed by atoms with van der Waals surface area (Å²) in [6, 6.07) is 21.9. The van der Waals surface area contributed by atoms with E-state index in [2.05, 4.69) is 23.0 Å². The van der Waals surface area contributed by atoms with Crippen LogP contribution in [0.15, 0.2) is 107 Å². The quantitative estimate of drug-likeness (QED) is 0.103. The average molecular weight is 833 g/mol. The van der Waals surface area contributed by atoms with Crippen molar-refractivity contribution in [1.29, 1.82) is 0 Å². The Morgan fingerprint density at radius 2 is 0.881 bits per heavy atom. The van der Waals surface area contributed by atoms with Crippen LogP contribution in [0.1, 0.15) is 39.5 Å². The van der Waals surface area contributed by atoms with Gasteiger partial charge >= 0.3 is 0 Å². The largest absolute Gasteiger partial charge is 1.00 e. The fraction of sp³-hybridized carbons (Fsp3) is 0.312. The van der Waals surface area contributed by atoms with Gasteiger partial charge in [-0.3, -0.25) is 0 Å². The maximum Gasteiger partial charge on any atom is 0.178 e. The predicted molar refractivity (Wildman–Crippen MR) is 158 cm³/mol. The zero-order chi connectivity index (χ0) is 28.6. The molecule has 4 aromatic rings. The lowest BCUT2D eigenvalue weighted by atomic mass is 10.1. The Balaban J connectivity index is 0.00000308. The Bertz CT molecular complexity index is 1520. The van der Waals surface area contributed by atoms with Crippen LogP contribution in [-0.4, -0.2) is 28.3 Å². The van der Waals surface area contributed by atoms with Gasteiger partial charge in [0.2, 0.25) is 0 Å². The van der Waals surface area contributed by atoms with Crippen molar-refractivity contribution < 1.29 is 73.9 Å². The summed E-state index contributed by atoms with van der Waals surface area (Å²) in [5, 5.41) is 0. The average Bonchev–Trinajstić information content (AvgIpc) is 2.97. The van der Waals surface area contributed by atoms with Crippen LogP contribution in [0.5, 0.6) is 0 Å².